The average molecular weight is 612 g/mol. The van der Waals surface area contributed by atoms with Crippen LogP contribution in [-0.2, 0) is 34.0 Å². The number of amidine groups is 1. The van der Waals surface area contributed by atoms with E-state index in [2.05, 4.69) is 20.9 Å². The summed E-state index contributed by atoms with van der Waals surface area (Å²) in [7, 11) is 6.89. The van der Waals surface area contributed by atoms with E-state index < -0.39 is 41.3 Å². The van der Waals surface area contributed by atoms with Gasteiger partial charge >= 0.3 is 17.9 Å². The third kappa shape index (κ3) is 3.80. The number of methoxy groups -OCH3 is 4. The van der Waals surface area contributed by atoms with Crippen molar-refractivity contribution in [2.24, 2.45) is 4.99 Å². The van der Waals surface area contributed by atoms with Crippen LogP contribution in [0.25, 0.3) is 0 Å². The zero-order valence-corrected chi connectivity index (χ0v) is 24.0. The van der Waals surface area contributed by atoms with E-state index >= 15 is 0 Å². The van der Waals surface area contributed by atoms with Gasteiger partial charge in [-0.2, -0.15) is 0 Å². The third-order valence-corrected chi connectivity index (χ3v) is 8.21. The molecule has 3 atom stereocenters. The number of carbonyl (C=O) groups is 4. The number of benzene rings is 2. The number of aliphatic imine (C=N–C) groups is 1. The molecule has 208 valence electrons. The Morgan fingerprint density at radius 2 is 1.62 bits per heavy atom. The van der Waals surface area contributed by atoms with E-state index in [0.717, 1.165) is 4.47 Å². The molecule has 0 aromatic heterocycles. The Morgan fingerprint density at radius 1 is 0.950 bits per heavy atom. The van der Waals surface area contributed by atoms with E-state index in [1.54, 1.807) is 43.4 Å². The molecule has 1 saturated heterocycles. The third-order valence-electron chi connectivity index (χ3n) is 7.69. The number of hydrogen-bond acceptors (Lipinski definition) is 10. The van der Waals surface area contributed by atoms with Crippen LogP contribution in [0, 0.1) is 0 Å². The van der Waals surface area contributed by atoms with Gasteiger partial charge in [-0.3, -0.25) is 9.69 Å². The summed E-state index contributed by atoms with van der Waals surface area (Å²) >= 11 is 3.37. The standard InChI is InChI=1S/C28H26BrN3O8/c1-31-18-11-10-16(37-2)12-17(18)28-13-19(24(34)38-3)32(23(33)14-6-8-15(29)9-7-14)27(28)30-21(26(36)40-5)20(22(28)31)25(35)39-4/h6-12,19,22H,13H2,1-5H3/t19-,22-,28-/m0/s1. The van der Waals surface area contributed by atoms with Gasteiger partial charge < -0.3 is 23.8 Å². The predicted octanol–water partition coefficient (Wildman–Crippen LogP) is 2.61. The first kappa shape index (κ1) is 27.4. The quantitative estimate of drug-likeness (QED) is 0.370. The number of amides is 1. The van der Waals surface area contributed by atoms with Crippen molar-refractivity contribution in [3.8, 4) is 5.75 Å². The van der Waals surface area contributed by atoms with Crippen LogP contribution in [0.1, 0.15) is 22.3 Å². The van der Waals surface area contributed by atoms with Gasteiger partial charge in [-0.25, -0.2) is 19.4 Å². The molecule has 0 radical (unpaired) electrons. The minimum Gasteiger partial charge on any atom is -0.497 e. The molecule has 1 spiro atoms. The smallest absolute Gasteiger partial charge is 0.357 e. The van der Waals surface area contributed by atoms with Crippen molar-refractivity contribution in [2.45, 2.75) is 23.9 Å². The van der Waals surface area contributed by atoms with Gasteiger partial charge in [-0.1, -0.05) is 15.9 Å². The Balaban J connectivity index is 1.86. The second-order valence-corrected chi connectivity index (χ2v) is 10.4. The molecule has 11 nitrogen and oxygen atoms in total. The van der Waals surface area contributed by atoms with E-state index in [0.29, 0.717) is 17.0 Å². The highest BCUT2D eigenvalue weighted by molar-refractivity contribution is 9.10. The lowest BCUT2D eigenvalue weighted by Gasteiger charge is -2.39. The number of likely N-dealkylation sites (N-methyl/N-ethyl adjacent to an activating group) is 1. The molecule has 2 aromatic carbocycles. The van der Waals surface area contributed by atoms with Crippen molar-refractivity contribution < 1.29 is 38.1 Å². The highest BCUT2D eigenvalue weighted by Gasteiger charge is 2.67. The van der Waals surface area contributed by atoms with Gasteiger partial charge in [0, 0.05) is 22.8 Å². The minimum absolute atomic E-state index is 0.0187. The average Bonchev–Trinajstić information content (AvgIpc) is 3.45. The maximum absolute atomic E-state index is 14.1. The van der Waals surface area contributed by atoms with Gasteiger partial charge in [0.1, 0.15) is 17.6 Å². The normalized spacial score (nSPS) is 22.6. The number of hydrogen-bond donors (Lipinski definition) is 0. The van der Waals surface area contributed by atoms with E-state index in [-0.39, 0.29) is 29.1 Å². The van der Waals surface area contributed by atoms with Gasteiger partial charge in [-0.05, 0) is 54.4 Å². The molecule has 3 heterocycles. The fourth-order valence-electron chi connectivity index (χ4n) is 5.99. The topological polar surface area (TPSA) is 124 Å². The molecule has 2 aromatic rings. The monoisotopic (exact) mass is 611 g/mol. The fourth-order valence-corrected chi connectivity index (χ4v) is 6.26. The zero-order chi connectivity index (χ0) is 28.9. The van der Waals surface area contributed by atoms with Crippen molar-refractivity contribution in [3.63, 3.8) is 0 Å². The van der Waals surface area contributed by atoms with Crippen LogP contribution in [-0.4, -0.2) is 82.1 Å². The van der Waals surface area contributed by atoms with Crippen LogP contribution in [0.4, 0.5) is 5.69 Å². The molecule has 1 amide bonds. The Bertz CT molecular complexity index is 1500. The number of nitrogens with zero attached hydrogens (tertiary/aromatic N) is 3. The van der Waals surface area contributed by atoms with Crippen molar-refractivity contribution in [1.82, 2.24) is 4.90 Å². The number of fused-ring (bicyclic) bond motifs is 1. The number of rotatable bonds is 5. The van der Waals surface area contributed by atoms with Crippen molar-refractivity contribution >= 4 is 51.3 Å². The van der Waals surface area contributed by atoms with E-state index in [4.69, 9.17) is 18.9 Å². The Kier molecular flexibility index (Phi) is 6.90. The van der Waals surface area contributed by atoms with Crippen molar-refractivity contribution in [3.05, 3.63) is 69.3 Å². The molecular weight excluding hydrogens is 586 g/mol. The minimum atomic E-state index is -1.23. The molecule has 1 fully saturated rings. The van der Waals surface area contributed by atoms with Crippen LogP contribution >= 0.6 is 15.9 Å². The summed E-state index contributed by atoms with van der Waals surface area (Å²) in [6.45, 7) is 0. The van der Waals surface area contributed by atoms with Crippen LogP contribution in [0.3, 0.4) is 0 Å². The second kappa shape index (κ2) is 10.1. The molecule has 40 heavy (non-hydrogen) atoms. The number of anilines is 1. The first-order chi connectivity index (χ1) is 19.1. The number of halogens is 1. The molecule has 0 aliphatic carbocycles. The largest absolute Gasteiger partial charge is 0.497 e. The predicted molar refractivity (Wildman–Crippen MR) is 146 cm³/mol. The number of likely N-dealkylation sites (tertiary alicyclic amines) is 1. The molecule has 0 unspecified atom stereocenters. The Morgan fingerprint density at radius 3 is 2.23 bits per heavy atom. The molecule has 0 saturated carbocycles. The summed E-state index contributed by atoms with van der Waals surface area (Å²) in [5.74, 6) is -2.23. The van der Waals surface area contributed by atoms with Gasteiger partial charge in [0.15, 0.2) is 5.70 Å². The highest BCUT2D eigenvalue weighted by atomic mass is 79.9. The van der Waals surface area contributed by atoms with Crippen LogP contribution in [0.15, 0.2) is 63.2 Å². The number of ether oxygens (including phenoxy) is 4. The van der Waals surface area contributed by atoms with Crippen LogP contribution < -0.4 is 9.64 Å². The lowest BCUT2D eigenvalue weighted by atomic mass is 9.69. The van der Waals surface area contributed by atoms with Gasteiger partial charge in [0.05, 0.1) is 45.5 Å². The molecule has 5 rings (SSSR count). The van der Waals surface area contributed by atoms with Crippen molar-refractivity contribution in [1.29, 1.82) is 0 Å². The number of esters is 3. The molecule has 0 bridgehead atoms. The van der Waals surface area contributed by atoms with Gasteiger partial charge in [0.2, 0.25) is 0 Å². The van der Waals surface area contributed by atoms with Gasteiger partial charge in [0.25, 0.3) is 5.91 Å². The Hall–Kier alpha value is -4.19. The molecule has 3 aliphatic heterocycles. The lowest BCUT2D eigenvalue weighted by Crippen LogP contribution is -2.55. The summed E-state index contributed by atoms with van der Waals surface area (Å²) in [6, 6.07) is 10.0. The SMILES string of the molecule is COC(=O)C1=C(C(=O)OC)[C@@H]2N(C)c3ccc(OC)cc3[C@@]23C[C@@H](C(=O)OC)N(C(=O)c2ccc(Br)cc2)C3=N1. The maximum Gasteiger partial charge on any atom is 0.357 e. The number of carbonyl (C=O) groups excluding carboxylic acids is 4. The van der Waals surface area contributed by atoms with Crippen LogP contribution in [0.2, 0.25) is 0 Å². The van der Waals surface area contributed by atoms with E-state index in [1.807, 2.05) is 11.0 Å². The first-order valence-corrected chi connectivity index (χ1v) is 13.0. The van der Waals surface area contributed by atoms with E-state index in [9.17, 15) is 19.2 Å². The van der Waals surface area contributed by atoms with Crippen molar-refractivity contribution in [2.75, 3.05) is 40.4 Å². The highest BCUT2D eigenvalue weighted by Crippen LogP contribution is 2.58. The summed E-state index contributed by atoms with van der Waals surface area (Å²) < 4.78 is 21.5. The molecule has 3 aliphatic rings. The fraction of sp³-hybridized carbons (Fsp3) is 0.321. The molecule has 12 heteroatoms. The van der Waals surface area contributed by atoms with Crippen LogP contribution in [0.5, 0.6) is 5.75 Å². The van der Waals surface area contributed by atoms with Gasteiger partial charge in [-0.15, -0.1) is 0 Å². The lowest BCUT2D eigenvalue weighted by molar-refractivity contribution is -0.144. The molecule has 0 N–H and O–H groups in total. The summed E-state index contributed by atoms with van der Waals surface area (Å²) in [6.07, 6.45) is 0.0187. The maximum atomic E-state index is 14.1. The van der Waals surface area contributed by atoms with E-state index in [1.165, 1.54) is 33.3 Å². The summed E-state index contributed by atoms with van der Waals surface area (Å²) in [5.41, 5.74) is 0.0702. The molecular formula is C28H26BrN3O8. The zero-order valence-electron chi connectivity index (χ0n) is 22.4. The summed E-state index contributed by atoms with van der Waals surface area (Å²) in [4.78, 5) is 61.5. The Labute approximate surface area is 238 Å². The summed E-state index contributed by atoms with van der Waals surface area (Å²) in [5, 5.41) is 0. The first-order valence-electron chi connectivity index (χ1n) is 12.2. The second-order valence-electron chi connectivity index (χ2n) is 9.47.